The van der Waals surface area contributed by atoms with Crippen molar-refractivity contribution in [1.82, 2.24) is 10.1 Å². The number of nitrogen functional groups attached to an aromatic ring is 1. The molecule has 0 aliphatic heterocycles. The quantitative estimate of drug-likeness (QED) is 0.735. The molecule has 0 fully saturated rings. The van der Waals surface area contributed by atoms with Gasteiger partial charge in [-0.3, -0.25) is 0 Å². The molecular weight excluding hydrogens is 262 g/mol. The number of thioether (sulfide) groups is 1. The topological polar surface area (TPSA) is 78.1 Å². The van der Waals surface area contributed by atoms with Crippen molar-refractivity contribution in [2.45, 2.75) is 10.8 Å². The number of pyridine rings is 1. The Morgan fingerprint density at radius 3 is 2.89 bits per heavy atom. The van der Waals surface area contributed by atoms with E-state index in [4.69, 9.17) is 14.7 Å². The summed E-state index contributed by atoms with van der Waals surface area (Å²) in [5.74, 6) is 1.99. The lowest BCUT2D eigenvalue weighted by atomic mass is 10.3. The highest BCUT2D eigenvalue weighted by molar-refractivity contribution is 7.98. The molecule has 2 N–H and O–H groups in total. The van der Waals surface area contributed by atoms with Crippen LogP contribution >= 0.6 is 11.8 Å². The zero-order valence-electron chi connectivity index (χ0n) is 9.95. The van der Waals surface area contributed by atoms with Crippen molar-refractivity contribution in [3.8, 4) is 11.5 Å². The van der Waals surface area contributed by atoms with Gasteiger partial charge in [0.05, 0.1) is 28.9 Å². The minimum Gasteiger partial charge on any atom is -0.461 e. The molecule has 0 spiro atoms. The van der Waals surface area contributed by atoms with Gasteiger partial charge in [-0.2, -0.15) is 0 Å². The predicted molar refractivity (Wildman–Crippen MR) is 72.4 cm³/mol. The summed E-state index contributed by atoms with van der Waals surface area (Å²) in [7, 11) is 0. The normalized spacial score (nSPS) is 10.7. The average molecular weight is 273 g/mol. The number of nitrogens with zero attached hydrogens (tertiary/aromatic N) is 2. The van der Waals surface area contributed by atoms with E-state index in [1.165, 1.54) is 0 Å². The summed E-state index contributed by atoms with van der Waals surface area (Å²) in [5, 5.41) is 4.90. The molecule has 19 heavy (non-hydrogen) atoms. The van der Waals surface area contributed by atoms with Crippen molar-refractivity contribution in [1.29, 1.82) is 0 Å². The van der Waals surface area contributed by atoms with Crippen molar-refractivity contribution in [2.75, 3.05) is 5.73 Å². The molecule has 0 unspecified atom stereocenters. The first kappa shape index (κ1) is 11.9. The van der Waals surface area contributed by atoms with Gasteiger partial charge in [-0.15, -0.1) is 0 Å². The summed E-state index contributed by atoms with van der Waals surface area (Å²) >= 11 is 1.57. The van der Waals surface area contributed by atoms with Gasteiger partial charge >= 0.3 is 0 Å². The minimum absolute atomic E-state index is 0.630. The third-order valence-corrected chi connectivity index (χ3v) is 3.43. The molecule has 0 aliphatic rings. The Labute approximate surface area is 113 Å². The third-order valence-electron chi connectivity index (χ3n) is 2.45. The van der Waals surface area contributed by atoms with E-state index in [2.05, 4.69) is 10.1 Å². The van der Waals surface area contributed by atoms with Crippen LogP contribution in [0.15, 0.2) is 56.8 Å². The van der Waals surface area contributed by atoms with E-state index in [1.54, 1.807) is 24.2 Å². The van der Waals surface area contributed by atoms with Gasteiger partial charge in [-0.05, 0) is 24.3 Å². The second-order valence-corrected chi connectivity index (χ2v) is 4.87. The lowest BCUT2D eigenvalue weighted by Crippen LogP contribution is -1.87. The molecule has 3 aromatic heterocycles. The molecule has 3 aromatic rings. The Morgan fingerprint density at radius 1 is 1.21 bits per heavy atom. The number of furan rings is 1. The summed E-state index contributed by atoms with van der Waals surface area (Å²) in [4.78, 5) is 4.21. The van der Waals surface area contributed by atoms with E-state index < -0.39 is 0 Å². The number of hydrogen-bond donors (Lipinski definition) is 1. The Kier molecular flexibility index (Phi) is 3.24. The van der Waals surface area contributed by atoms with Gasteiger partial charge in [0, 0.05) is 11.8 Å². The fourth-order valence-corrected chi connectivity index (χ4v) is 2.26. The number of anilines is 1. The number of rotatable bonds is 4. The highest BCUT2D eigenvalue weighted by Crippen LogP contribution is 2.25. The van der Waals surface area contributed by atoms with Crippen molar-refractivity contribution in [2.24, 2.45) is 0 Å². The molecule has 0 radical (unpaired) electrons. The van der Waals surface area contributed by atoms with E-state index in [0.717, 1.165) is 10.7 Å². The zero-order valence-corrected chi connectivity index (χ0v) is 10.8. The van der Waals surface area contributed by atoms with Crippen molar-refractivity contribution in [3.05, 3.63) is 48.5 Å². The van der Waals surface area contributed by atoms with E-state index in [-0.39, 0.29) is 0 Å². The number of nitrogens with two attached hydrogens (primary N) is 1. The number of hydrogen-bond acceptors (Lipinski definition) is 6. The van der Waals surface area contributed by atoms with Gasteiger partial charge < -0.3 is 14.7 Å². The molecule has 6 heteroatoms. The van der Waals surface area contributed by atoms with E-state index in [9.17, 15) is 0 Å². The van der Waals surface area contributed by atoms with Crippen LogP contribution in [0.2, 0.25) is 0 Å². The monoisotopic (exact) mass is 273 g/mol. The molecule has 5 nitrogen and oxygen atoms in total. The Morgan fingerprint density at radius 2 is 2.16 bits per heavy atom. The van der Waals surface area contributed by atoms with Crippen LogP contribution in [-0.4, -0.2) is 10.1 Å². The van der Waals surface area contributed by atoms with Gasteiger partial charge in [0.15, 0.2) is 5.76 Å². The molecule has 3 rings (SSSR count). The fourth-order valence-electron chi connectivity index (χ4n) is 1.54. The molecule has 0 saturated heterocycles. The van der Waals surface area contributed by atoms with E-state index >= 15 is 0 Å². The van der Waals surface area contributed by atoms with Crippen LogP contribution in [0, 0.1) is 0 Å². The van der Waals surface area contributed by atoms with Crippen LogP contribution in [0.5, 0.6) is 0 Å². The van der Waals surface area contributed by atoms with E-state index in [1.807, 2.05) is 30.3 Å². The summed E-state index contributed by atoms with van der Waals surface area (Å²) < 4.78 is 10.5. The molecule has 0 saturated carbocycles. The van der Waals surface area contributed by atoms with Crippen molar-refractivity contribution < 1.29 is 8.94 Å². The average Bonchev–Trinajstić information content (AvgIpc) is 3.09. The van der Waals surface area contributed by atoms with Crippen molar-refractivity contribution >= 4 is 17.4 Å². The maximum atomic E-state index is 5.58. The van der Waals surface area contributed by atoms with Crippen LogP contribution in [0.1, 0.15) is 5.69 Å². The Bertz CT molecular complexity index is 647. The zero-order chi connectivity index (χ0) is 13.1. The van der Waals surface area contributed by atoms with Crippen LogP contribution in [0.25, 0.3) is 11.5 Å². The summed E-state index contributed by atoms with van der Waals surface area (Å²) in [6, 6.07) is 9.21. The largest absolute Gasteiger partial charge is 0.461 e. The van der Waals surface area contributed by atoms with Gasteiger partial charge in [-0.25, -0.2) is 4.98 Å². The maximum Gasteiger partial charge on any atom is 0.202 e. The van der Waals surface area contributed by atoms with Crippen molar-refractivity contribution in [3.63, 3.8) is 0 Å². The van der Waals surface area contributed by atoms with Crippen LogP contribution in [0.4, 0.5) is 5.69 Å². The van der Waals surface area contributed by atoms with Crippen LogP contribution in [0.3, 0.4) is 0 Å². The SMILES string of the molecule is Nc1ccc(SCc2cc(-c3ccco3)on2)nc1. The van der Waals surface area contributed by atoms with Gasteiger partial charge in [0.1, 0.15) is 0 Å². The van der Waals surface area contributed by atoms with Crippen LogP contribution < -0.4 is 5.73 Å². The highest BCUT2D eigenvalue weighted by atomic mass is 32.2. The second-order valence-electron chi connectivity index (χ2n) is 3.88. The summed E-state index contributed by atoms with van der Waals surface area (Å²) in [6.45, 7) is 0. The molecule has 0 amide bonds. The van der Waals surface area contributed by atoms with Gasteiger partial charge in [0.2, 0.25) is 5.76 Å². The molecule has 0 atom stereocenters. The number of aromatic nitrogens is 2. The first-order valence-electron chi connectivity index (χ1n) is 5.65. The molecule has 0 aromatic carbocycles. The molecule has 3 heterocycles. The molecule has 96 valence electrons. The smallest absolute Gasteiger partial charge is 0.202 e. The Hall–Kier alpha value is -2.21. The summed E-state index contributed by atoms with van der Waals surface area (Å²) in [5.41, 5.74) is 7.08. The summed E-state index contributed by atoms with van der Waals surface area (Å²) in [6.07, 6.45) is 3.24. The first-order chi connectivity index (χ1) is 9.31. The lowest BCUT2D eigenvalue weighted by molar-refractivity contribution is 0.413. The van der Waals surface area contributed by atoms with Gasteiger partial charge in [-0.1, -0.05) is 16.9 Å². The maximum absolute atomic E-state index is 5.58. The minimum atomic E-state index is 0.630. The molecule has 0 bridgehead atoms. The van der Waals surface area contributed by atoms with Crippen LogP contribution in [-0.2, 0) is 5.75 Å². The van der Waals surface area contributed by atoms with Gasteiger partial charge in [0.25, 0.3) is 0 Å². The molecular formula is C13H11N3O2S. The third kappa shape index (κ3) is 2.79. The van der Waals surface area contributed by atoms with E-state index in [0.29, 0.717) is 23.0 Å². The standard InChI is InChI=1S/C13H11N3O2S/c14-9-3-4-13(15-7-9)19-8-10-6-12(18-16-10)11-2-1-5-17-11/h1-7H,8,14H2. The highest BCUT2D eigenvalue weighted by Gasteiger charge is 2.09. The first-order valence-corrected chi connectivity index (χ1v) is 6.63. The lowest BCUT2D eigenvalue weighted by Gasteiger charge is -1.97. The second kappa shape index (κ2) is 5.19. The fraction of sp³-hybridized carbons (Fsp3) is 0.0769. The predicted octanol–water partition coefficient (Wildman–Crippen LogP) is 3.20. The molecule has 0 aliphatic carbocycles. The Balaban J connectivity index is 1.66.